The largest absolute Gasteiger partial charge is 0.454 e. The molecule has 0 bridgehead atoms. The lowest BCUT2D eigenvalue weighted by Gasteiger charge is -2.19. The second kappa shape index (κ2) is 9.47. The van der Waals surface area contributed by atoms with E-state index >= 15 is 0 Å². The number of hydrogen-bond donors (Lipinski definition) is 1. The van der Waals surface area contributed by atoms with Gasteiger partial charge in [-0.25, -0.2) is 0 Å². The second-order valence-corrected chi connectivity index (χ2v) is 9.36. The minimum Gasteiger partial charge on any atom is -0.454 e. The van der Waals surface area contributed by atoms with Crippen molar-refractivity contribution in [1.29, 1.82) is 0 Å². The van der Waals surface area contributed by atoms with Crippen molar-refractivity contribution in [2.24, 2.45) is 0 Å². The zero-order chi connectivity index (χ0) is 25.4. The number of amides is 2. The number of fused-ring (bicyclic) bond motifs is 2. The normalized spacial score (nSPS) is 13.4. The maximum Gasteiger partial charge on any atom is 0.258 e. The predicted molar refractivity (Wildman–Crippen MR) is 143 cm³/mol. The highest BCUT2D eigenvalue weighted by Crippen LogP contribution is 2.35. The van der Waals surface area contributed by atoms with Gasteiger partial charge in [-0.05, 0) is 83.6 Å². The fourth-order valence-corrected chi connectivity index (χ4v) is 4.97. The molecule has 0 radical (unpaired) electrons. The topological polar surface area (TPSA) is 67.9 Å². The van der Waals surface area contributed by atoms with Gasteiger partial charge >= 0.3 is 0 Å². The molecule has 6 rings (SSSR count). The van der Waals surface area contributed by atoms with Crippen LogP contribution in [0.25, 0.3) is 11.1 Å². The van der Waals surface area contributed by atoms with Crippen LogP contribution in [0.4, 0.5) is 11.4 Å². The average molecular weight is 491 g/mol. The van der Waals surface area contributed by atoms with Gasteiger partial charge < -0.3 is 19.7 Å². The van der Waals surface area contributed by atoms with Crippen molar-refractivity contribution in [3.8, 4) is 22.6 Å². The Bertz CT molecular complexity index is 1530. The van der Waals surface area contributed by atoms with Crippen LogP contribution >= 0.6 is 0 Å². The van der Waals surface area contributed by atoms with Crippen LogP contribution in [0.3, 0.4) is 0 Å². The van der Waals surface area contributed by atoms with Gasteiger partial charge in [0.05, 0.1) is 6.42 Å². The van der Waals surface area contributed by atoms with E-state index in [1.165, 1.54) is 0 Å². The molecule has 6 heteroatoms. The summed E-state index contributed by atoms with van der Waals surface area (Å²) in [6.45, 7) is 2.84. The molecule has 0 fully saturated rings. The SMILES string of the molecule is Cc1ccccc1C(=O)N1CCc2cc(-c3cccc(NC(=O)Cc4ccc5c(c4)OCO5)c3)ccc21. The smallest absolute Gasteiger partial charge is 0.258 e. The van der Waals surface area contributed by atoms with Gasteiger partial charge in [-0.3, -0.25) is 9.59 Å². The Morgan fingerprint density at radius 1 is 0.865 bits per heavy atom. The monoisotopic (exact) mass is 490 g/mol. The van der Waals surface area contributed by atoms with Crippen molar-refractivity contribution < 1.29 is 19.1 Å². The number of rotatable bonds is 5. The Kier molecular flexibility index (Phi) is 5.85. The van der Waals surface area contributed by atoms with Gasteiger partial charge in [0.1, 0.15) is 0 Å². The molecule has 0 saturated heterocycles. The summed E-state index contributed by atoms with van der Waals surface area (Å²) in [6, 6.07) is 27.3. The van der Waals surface area contributed by atoms with E-state index in [4.69, 9.17) is 9.47 Å². The number of carbonyl (C=O) groups is 2. The first-order valence-electron chi connectivity index (χ1n) is 12.3. The summed E-state index contributed by atoms with van der Waals surface area (Å²) in [5, 5.41) is 3.00. The second-order valence-electron chi connectivity index (χ2n) is 9.36. The summed E-state index contributed by atoms with van der Waals surface area (Å²) in [4.78, 5) is 27.8. The van der Waals surface area contributed by atoms with Gasteiger partial charge in [0.2, 0.25) is 12.7 Å². The van der Waals surface area contributed by atoms with Crippen LogP contribution in [0.1, 0.15) is 27.0 Å². The molecule has 6 nitrogen and oxygen atoms in total. The highest BCUT2D eigenvalue weighted by Gasteiger charge is 2.26. The van der Waals surface area contributed by atoms with Gasteiger partial charge in [0, 0.05) is 23.5 Å². The van der Waals surface area contributed by atoms with E-state index in [0.717, 1.165) is 51.2 Å². The summed E-state index contributed by atoms with van der Waals surface area (Å²) < 4.78 is 10.7. The van der Waals surface area contributed by atoms with Gasteiger partial charge in [-0.1, -0.05) is 42.5 Å². The van der Waals surface area contributed by atoms with Crippen LogP contribution in [-0.2, 0) is 17.6 Å². The number of aryl methyl sites for hydroxylation is 1. The Hall–Kier alpha value is -4.58. The first-order valence-corrected chi connectivity index (χ1v) is 12.3. The summed E-state index contributed by atoms with van der Waals surface area (Å²) in [5.41, 5.74) is 7.49. The molecule has 0 aromatic heterocycles. The van der Waals surface area contributed by atoms with Crippen LogP contribution in [-0.4, -0.2) is 25.2 Å². The maximum absolute atomic E-state index is 13.2. The van der Waals surface area contributed by atoms with E-state index in [1.54, 1.807) is 0 Å². The van der Waals surface area contributed by atoms with Crippen LogP contribution in [0.5, 0.6) is 11.5 Å². The standard InChI is InChI=1S/C31H26N2O4/c1-20-5-2-3-8-26(20)31(35)33-14-13-24-17-23(10-11-27(24)33)22-6-4-7-25(18-22)32-30(34)16-21-9-12-28-29(15-21)37-19-36-28/h2-12,15,17-18H,13-14,16,19H2,1H3,(H,32,34). The third-order valence-corrected chi connectivity index (χ3v) is 6.88. The van der Waals surface area contributed by atoms with E-state index < -0.39 is 0 Å². The van der Waals surface area contributed by atoms with E-state index in [1.807, 2.05) is 90.7 Å². The molecule has 4 aromatic rings. The number of ether oxygens (including phenoxy) is 2. The van der Waals surface area contributed by atoms with Crippen LogP contribution in [0.2, 0.25) is 0 Å². The van der Waals surface area contributed by atoms with Crippen LogP contribution in [0, 0.1) is 6.92 Å². The lowest BCUT2D eigenvalue weighted by Crippen LogP contribution is -2.29. The Morgan fingerprint density at radius 3 is 2.59 bits per heavy atom. The third-order valence-electron chi connectivity index (χ3n) is 6.88. The molecule has 0 spiro atoms. The van der Waals surface area contributed by atoms with Crippen molar-refractivity contribution in [3.05, 3.63) is 107 Å². The lowest BCUT2D eigenvalue weighted by molar-refractivity contribution is -0.115. The molecular weight excluding hydrogens is 464 g/mol. The molecule has 37 heavy (non-hydrogen) atoms. The molecular formula is C31H26N2O4. The fourth-order valence-electron chi connectivity index (χ4n) is 4.97. The van der Waals surface area contributed by atoms with Gasteiger partial charge in [-0.15, -0.1) is 0 Å². The molecule has 1 N–H and O–H groups in total. The number of carbonyl (C=O) groups excluding carboxylic acids is 2. The van der Waals surface area contributed by atoms with Gasteiger partial charge in [0.25, 0.3) is 5.91 Å². The summed E-state index contributed by atoms with van der Waals surface area (Å²) in [5.74, 6) is 1.31. The van der Waals surface area contributed by atoms with E-state index in [0.29, 0.717) is 18.0 Å². The predicted octanol–water partition coefficient (Wildman–Crippen LogP) is 5.77. The first-order chi connectivity index (χ1) is 18.0. The minimum absolute atomic E-state index is 0.0387. The van der Waals surface area contributed by atoms with Crippen LogP contribution < -0.4 is 19.7 Å². The van der Waals surface area contributed by atoms with E-state index in [-0.39, 0.29) is 25.0 Å². The average Bonchev–Trinajstić information content (AvgIpc) is 3.55. The Morgan fingerprint density at radius 2 is 1.70 bits per heavy atom. The summed E-state index contributed by atoms with van der Waals surface area (Å²) in [7, 11) is 0. The maximum atomic E-state index is 13.2. The lowest BCUT2D eigenvalue weighted by atomic mass is 10.0. The number of anilines is 2. The highest BCUT2D eigenvalue weighted by molar-refractivity contribution is 6.08. The molecule has 184 valence electrons. The van der Waals surface area contributed by atoms with Gasteiger partial charge in [-0.2, -0.15) is 0 Å². The molecule has 0 saturated carbocycles. The quantitative estimate of drug-likeness (QED) is 0.385. The van der Waals surface area contributed by atoms with E-state index in [2.05, 4.69) is 11.4 Å². The van der Waals surface area contributed by atoms with Crippen molar-refractivity contribution in [3.63, 3.8) is 0 Å². The number of benzene rings is 4. The van der Waals surface area contributed by atoms with Crippen molar-refractivity contribution in [2.75, 3.05) is 23.6 Å². The Balaban J connectivity index is 1.17. The molecule has 0 atom stereocenters. The van der Waals surface area contributed by atoms with Crippen molar-refractivity contribution in [2.45, 2.75) is 19.8 Å². The molecule has 2 amide bonds. The number of nitrogens with one attached hydrogen (secondary N) is 1. The fraction of sp³-hybridized carbons (Fsp3) is 0.161. The van der Waals surface area contributed by atoms with E-state index in [9.17, 15) is 9.59 Å². The minimum atomic E-state index is -0.102. The van der Waals surface area contributed by atoms with Crippen molar-refractivity contribution >= 4 is 23.2 Å². The zero-order valence-corrected chi connectivity index (χ0v) is 20.5. The first kappa shape index (κ1) is 22.9. The molecule has 4 aromatic carbocycles. The molecule has 2 aliphatic heterocycles. The van der Waals surface area contributed by atoms with Gasteiger partial charge in [0.15, 0.2) is 11.5 Å². The molecule has 0 unspecified atom stereocenters. The summed E-state index contributed by atoms with van der Waals surface area (Å²) in [6.07, 6.45) is 1.05. The number of nitrogens with zero attached hydrogens (tertiary/aromatic N) is 1. The third kappa shape index (κ3) is 4.54. The van der Waals surface area contributed by atoms with Crippen molar-refractivity contribution in [1.82, 2.24) is 0 Å². The number of hydrogen-bond acceptors (Lipinski definition) is 4. The molecule has 2 heterocycles. The Labute approximate surface area is 215 Å². The highest BCUT2D eigenvalue weighted by atomic mass is 16.7. The summed E-state index contributed by atoms with van der Waals surface area (Å²) >= 11 is 0. The van der Waals surface area contributed by atoms with Crippen LogP contribution in [0.15, 0.2) is 84.9 Å². The molecule has 0 aliphatic carbocycles. The zero-order valence-electron chi connectivity index (χ0n) is 20.5. The molecule has 2 aliphatic rings.